The Kier molecular flexibility index (Phi) is 6.97. The maximum atomic E-state index is 11.3. The third-order valence-corrected chi connectivity index (χ3v) is 3.00. The molecule has 1 aromatic carbocycles. The number of ether oxygens (including phenoxy) is 1. The third kappa shape index (κ3) is 5.30. The van der Waals surface area contributed by atoms with Crippen LogP contribution in [0.4, 0.5) is 0 Å². The minimum absolute atomic E-state index is 0.311. The Labute approximate surface area is 115 Å². The number of hydrogen-bond acceptors (Lipinski definition) is 3. The van der Waals surface area contributed by atoms with Crippen LogP contribution in [0.15, 0.2) is 24.3 Å². The Hall–Kier alpha value is -1.55. The van der Waals surface area contributed by atoms with Gasteiger partial charge in [-0.3, -0.25) is 4.79 Å². The highest BCUT2D eigenvalue weighted by Gasteiger charge is 2.14. The second-order valence-corrected chi connectivity index (χ2v) is 4.51. The molecule has 1 unspecified atom stereocenters. The number of nitrogens with one attached hydrogen (secondary N) is 1. The van der Waals surface area contributed by atoms with Crippen molar-refractivity contribution in [1.82, 2.24) is 5.32 Å². The van der Waals surface area contributed by atoms with Crippen LogP contribution in [0.3, 0.4) is 0 Å². The molecule has 4 heteroatoms. The summed E-state index contributed by atoms with van der Waals surface area (Å²) >= 11 is 0. The van der Waals surface area contributed by atoms with Crippen LogP contribution in [0.1, 0.15) is 32.3 Å². The fourth-order valence-corrected chi connectivity index (χ4v) is 1.89. The van der Waals surface area contributed by atoms with Crippen LogP contribution in [0.5, 0.6) is 5.75 Å². The molecular weight excluding hydrogens is 240 g/mol. The number of primary amides is 1. The number of benzene rings is 1. The van der Waals surface area contributed by atoms with Gasteiger partial charge in [-0.2, -0.15) is 0 Å². The van der Waals surface area contributed by atoms with Crippen molar-refractivity contribution in [3.8, 4) is 5.75 Å². The highest BCUT2D eigenvalue weighted by Crippen LogP contribution is 2.18. The van der Waals surface area contributed by atoms with Gasteiger partial charge in [0, 0.05) is 6.42 Å². The van der Waals surface area contributed by atoms with Crippen LogP contribution in [-0.2, 0) is 11.2 Å². The molecule has 1 amide bonds. The molecule has 0 spiro atoms. The third-order valence-electron chi connectivity index (χ3n) is 3.00. The largest absolute Gasteiger partial charge is 0.493 e. The number of carbonyl (C=O) groups excluding carboxylic acids is 1. The van der Waals surface area contributed by atoms with E-state index in [9.17, 15) is 4.79 Å². The maximum Gasteiger partial charge on any atom is 0.234 e. The summed E-state index contributed by atoms with van der Waals surface area (Å²) in [5, 5.41) is 3.13. The molecule has 0 aliphatic rings. The lowest BCUT2D eigenvalue weighted by Crippen LogP contribution is -2.42. The summed E-state index contributed by atoms with van der Waals surface area (Å²) in [6.45, 7) is 5.43. The smallest absolute Gasteiger partial charge is 0.234 e. The van der Waals surface area contributed by atoms with Crippen LogP contribution in [-0.4, -0.2) is 25.1 Å². The first-order valence-electron chi connectivity index (χ1n) is 6.92. The van der Waals surface area contributed by atoms with Gasteiger partial charge in [-0.05, 0) is 31.0 Å². The lowest BCUT2D eigenvalue weighted by molar-refractivity contribution is -0.120. The SMILES string of the molecule is CCCNC(CCOc1ccccc1CC)C(N)=O. The van der Waals surface area contributed by atoms with Gasteiger partial charge in [0.25, 0.3) is 0 Å². The molecule has 0 saturated heterocycles. The van der Waals surface area contributed by atoms with Gasteiger partial charge in [0.2, 0.25) is 5.91 Å². The van der Waals surface area contributed by atoms with Gasteiger partial charge in [0.05, 0.1) is 12.6 Å². The average Bonchev–Trinajstić information content (AvgIpc) is 2.42. The predicted octanol–water partition coefficient (Wildman–Crippen LogP) is 1.87. The van der Waals surface area contributed by atoms with E-state index in [0.717, 1.165) is 25.1 Å². The molecule has 0 aliphatic heterocycles. The fraction of sp³-hybridized carbons (Fsp3) is 0.533. The second kappa shape index (κ2) is 8.53. The van der Waals surface area contributed by atoms with E-state index in [2.05, 4.69) is 25.2 Å². The van der Waals surface area contributed by atoms with Crippen molar-refractivity contribution in [2.24, 2.45) is 5.73 Å². The number of rotatable bonds is 9. The van der Waals surface area contributed by atoms with E-state index in [1.54, 1.807) is 0 Å². The minimum Gasteiger partial charge on any atom is -0.493 e. The number of carbonyl (C=O) groups is 1. The van der Waals surface area contributed by atoms with Crippen LogP contribution in [0.2, 0.25) is 0 Å². The Morgan fingerprint density at radius 3 is 2.74 bits per heavy atom. The average molecular weight is 264 g/mol. The Morgan fingerprint density at radius 2 is 2.11 bits per heavy atom. The number of aryl methyl sites for hydroxylation is 1. The molecule has 0 heterocycles. The van der Waals surface area contributed by atoms with E-state index in [1.165, 1.54) is 5.56 Å². The molecular formula is C15H24N2O2. The zero-order chi connectivity index (χ0) is 14.1. The summed E-state index contributed by atoms with van der Waals surface area (Å²) in [7, 11) is 0. The fourth-order valence-electron chi connectivity index (χ4n) is 1.89. The molecule has 1 atom stereocenters. The number of amides is 1. The first kappa shape index (κ1) is 15.5. The standard InChI is InChI=1S/C15H24N2O2/c1-3-10-17-13(15(16)18)9-11-19-14-8-6-5-7-12(14)4-2/h5-8,13,17H,3-4,9-11H2,1-2H3,(H2,16,18). The van der Waals surface area contributed by atoms with Gasteiger partial charge in [-0.25, -0.2) is 0 Å². The van der Waals surface area contributed by atoms with Crippen molar-refractivity contribution in [3.05, 3.63) is 29.8 Å². The Morgan fingerprint density at radius 1 is 1.37 bits per heavy atom. The second-order valence-electron chi connectivity index (χ2n) is 4.51. The molecule has 0 fully saturated rings. The van der Waals surface area contributed by atoms with Crippen molar-refractivity contribution in [3.63, 3.8) is 0 Å². The topological polar surface area (TPSA) is 64.3 Å². The molecule has 1 aromatic rings. The summed E-state index contributed by atoms with van der Waals surface area (Å²) in [4.78, 5) is 11.3. The summed E-state index contributed by atoms with van der Waals surface area (Å²) in [6, 6.07) is 7.65. The summed E-state index contributed by atoms with van der Waals surface area (Å²) in [6.07, 6.45) is 2.50. The van der Waals surface area contributed by atoms with E-state index in [-0.39, 0.29) is 11.9 Å². The Balaban J connectivity index is 2.45. The lowest BCUT2D eigenvalue weighted by Gasteiger charge is -2.16. The minimum atomic E-state index is -0.319. The maximum absolute atomic E-state index is 11.3. The molecule has 4 nitrogen and oxygen atoms in total. The number of nitrogens with two attached hydrogens (primary N) is 1. The number of hydrogen-bond donors (Lipinski definition) is 2. The van der Waals surface area contributed by atoms with Crippen molar-refractivity contribution < 1.29 is 9.53 Å². The van der Waals surface area contributed by atoms with Crippen LogP contribution in [0, 0.1) is 0 Å². The summed E-state index contributed by atoms with van der Waals surface area (Å²) in [5.74, 6) is 0.574. The molecule has 19 heavy (non-hydrogen) atoms. The lowest BCUT2D eigenvalue weighted by atomic mass is 10.1. The molecule has 0 bridgehead atoms. The van der Waals surface area contributed by atoms with Gasteiger partial charge in [0.15, 0.2) is 0 Å². The predicted molar refractivity (Wildman–Crippen MR) is 77.2 cm³/mol. The number of para-hydroxylation sites is 1. The van der Waals surface area contributed by atoms with Crippen LogP contribution in [0.25, 0.3) is 0 Å². The van der Waals surface area contributed by atoms with E-state index in [0.29, 0.717) is 13.0 Å². The van der Waals surface area contributed by atoms with Crippen LogP contribution < -0.4 is 15.8 Å². The molecule has 3 N–H and O–H groups in total. The van der Waals surface area contributed by atoms with Crippen molar-refractivity contribution in [2.45, 2.75) is 39.2 Å². The summed E-state index contributed by atoms with van der Waals surface area (Å²) < 4.78 is 5.74. The quantitative estimate of drug-likeness (QED) is 0.715. The first-order valence-corrected chi connectivity index (χ1v) is 6.92. The van der Waals surface area contributed by atoms with E-state index in [4.69, 9.17) is 10.5 Å². The normalized spacial score (nSPS) is 12.1. The highest BCUT2D eigenvalue weighted by molar-refractivity contribution is 5.79. The van der Waals surface area contributed by atoms with Gasteiger partial charge in [-0.1, -0.05) is 32.0 Å². The van der Waals surface area contributed by atoms with Gasteiger partial charge in [0.1, 0.15) is 5.75 Å². The van der Waals surface area contributed by atoms with Gasteiger partial charge in [-0.15, -0.1) is 0 Å². The van der Waals surface area contributed by atoms with Crippen molar-refractivity contribution >= 4 is 5.91 Å². The zero-order valence-electron chi connectivity index (χ0n) is 11.8. The molecule has 0 radical (unpaired) electrons. The van der Waals surface area contributed by atoms with Gasteiger partial charge < -0.3 is 15.8 Å². The van der Waals surface area contributed by atoms with Crippen molar-refractivity contribution in [1.29, 1.82) is 0 Å². The molecule has 0 saturated carbocycles. The Bertz CT molecular complexity index is 393. The van der Waals surface area contributed by atoms with E-state index >= 15 is 0 Å². The molecule has 0 aliphatic carbocycles. The van der Waals surface area contributed by atoms with E-state index < -0.39 is 0 Å². The van der Waals surface area contributed by atoms with E-state index in [1.807, 2.05) is 18.2 Å². The molecule has 106 valence electrons. The first-order chi connectivity index (χ1) is 9.19. The van der Waals surface area contributed by atoms with Crippen LogP contribution >= 0.6 is 0 Å². The molecule has 0 aromatic heterocycles. The summed E-state index contributed by atoms with van der Waals surface area (Å²) in [5.41, 5.74) is 6.54. The van der Waals surface area contributed by atoms with Gasteiger partial charge >= 0.3 is 0 Å². The monoisotopic (exact) mass is 264 g/mol. The highest BCUT2D eigenvalue weighted by atomic mass is 16.5. The zero-order valence-corrected chi connectivity index (χ0v) is 11.8. The molecule has 1 rings (SSSR count). The van der Waals surface area contributed by atoms with Crippen molar-refractivity contribution in [2.75, 3.05) is 13.2 Å².